The molecule has 0 unspecified atom stereocenters. The third-order valence-electron chi connectivity index (χ3n) is 11.0. The van der Waals surface area contributed by atoms with Crippen LogP contribution >= 0.6 is 0 Å². The molecular weight excluding hydrogens is 408 g/mol. The lowest BCUT2D eigenvalue weighted by molar-refractivity contribution is -0.118. The average Bonchev–Trinajstić information content (AvgIpc) is 3.15. The number of hydrogen-bond acceptors (Lipinski definition) is 2. The van der Waals surface area contributed by atoms with Crippen LogP contribution in [-0.2, 0) is 4.79 Å². The van der Waals surface area contributed by atoms with E-state index in [-0.39, 0.29) is 23.3 Å². The van der Waals surface area contributed by atoms with Gasteiger partial charge < -0.3 is 5.32 Å². The number of piperidine rings is 1. The molecule has 0 bridgehead atoms. The summed E-state index contributed by atoms with van der Waals surface area (Å²) in [4.78, 5) is 28.3. The van der Waals surface area contributed by atoms with Gasteiger partial charge in [0, 0.05) is 36.2 Å². The maximum atomic E-state index is 13.8. The van der Waals surface area contributed by atoms with Gasteiger partial charge in [0.1, 0.15) is 0 Å². The van der Waals surface area contributed by atoms with Gasteiger partial charge in [0.25, 0.3) is 0 Å². The molecular formula is C29H46N2O2. The van der Waals surface area contributed by atoms with Crippen LogP contribution in [0.1, 0.15) is 105 Å². The number of hydrogen-bond donors (Lipinski definition) is 1. The third-order valence-corrected chi connectivity index (χ3v) is 11.0. The van der Waals surface area contributed by atoms with Crippen LogP contribution in [0.2, 0.25) is 0 Å². The normalized spacial score (nSPS) is 43.3. The second kappa shape index (κ2) is 8.12. The Morgan fingerprint density at radius 3 is 2.42 bits per heavy atom. The first-order chi connectivity index (χ1) is 15.5. The van der Waals surface area contributed by atoms with Gasteiger partial charge in [-0.3, -0.25) is 9.69 Å². The first-order valence-corrected chi connectivity index (χ1v) is 13.8. The van der Waals surface area contributed by atoms with Crippen molar-refractivity contribution >= 4 is 11.8 Å². The van der Waals surface area contributed by atoms with Crippen LogP contribution in [0.3, 0.4) is 0 Å². The molecule has 0 aromatic carbocycles. The van der Waals surface area contributed by atoms with E-state index in [1.165, 1.54) is 44.9 Å². The van der Waals surface area contributed by atoms with Crippen LogP contribution in [0.4, 0.5) is 4.79 Å². The predicted octanol–water partition coefficient (Wildman–Crippen LogP) is 6.70. The van der Waals surface area contributed by atoms with Crippen molar-refractivity contribution in [1.82, 2.24) is 10.2 Å². The molecule has 4 heteroatoms. The van der Waals surface area contributed by atoms with E-state index in [4.69, 9.17) is 0 Å². The number of carbonyl (C=O) groups is 2. The van der Waals surface area contributed by atoms with E-state index in [1.807, 2.05) is 11.0 Å². The van der Waals surface area contributed by atoms with Gasteiger partial charge in [0.05, 0.1) is 0 Å². The maximum Gasteiger partial charge on any atom is 0.321 e. The van der Waals surface area contributed by atoms with Crippen LogP contribution in [-0.4, -0.2) is 29.3 Å². The number of fused-ring (bicyclic) bond motifs is 5. The summed E-state index contributed by atoms with van der Waals surface area (Å²) in [6.07, 6.45) is 14.5. The van der Waals surface area contributed by atoms with Gasteiger partial charge in [0.15, 0.2) is 5.78 Å². The Morgan fingerprint density at radius 1 is 1.00 bits per heavy atom. The topological polar surface area (TPSA) is 49.4 Å². The Kier molecular flexibility index (Phi) is 5.77. The minimum atomic E-state index is -0.0397. The number of urea groups is 1. The van der Waals surface area contributed by atoms with Crippen LogP contribution in [0, 0.1) is 39.9 Å². The Morgan fingerprint density at radius 2 is 1.73 bits per heavy atom. The highest BCUT2D eigenvalue weighted by Gasteiger charge is 2.58. The number of carbonyl (C=O) groups excluding carboxylic acids is 2. The molecule has 0 spiro atoms. The second-order valence-electron chi connectivity index (χ2n) is 13.8. The monoisotopic (exact) mass is 454 g/mol. The van der Waals surface area contributed by atoms with Crippen molar-refractivity contribution in [2.45, 2.75) is 111 Å². The summed E-state index contributed by atoms with van der Waals surface area (Å²) < 4.78 is 0. The van der Waals surface area contributed by atoms with E-state index in [1.54, 1.807) is 0 Å². The number of rotatable bonds is 1. The van der Waals surface area contributed by atoms with Gasteiger partial charge in [0.2, 0.25) is 0 Å². The minimum absolute atomic E-state index is 0.0397. The van der Waals surface area contributed by atoms with Gasteiger partial charge in [-0.2, -0.15) is 0 Å². The molecule has 1 saturated heterocycles. The van der Waals surface area contributed by atoms with Crippen molar-refractivity contribution in [2.24, 2.45) is 39.9 Å². The molecule has 0 aromatic heterocycles. The van der Waals surface area contributed by atoms with Crippen LogP contribution in [0.15, 0.2) is 11.8 Å². The summed E-state index contributed by atoms with van der Waals surface area (Å²) >= 11 is 0. The molecule has 3 saturated carbocycles. The zero-order chi connectivity index (χ0) is 23.6. The summed E-state index contributed by atoms with van der Waals surface area (Å²) in [6.45, 7) is 12.7. The lowest BCUT2D eigenvalue weighted by Crippen LogP contribution is -2.60. The first kappa shape index (κ1) is 23.4. The van der Waals surface area contributed by atoms with Crippen molar-refractivity contribution in [1.29, 1.82) is 0 Å². The van der Waals surface area contributed by atoms with E-state index in [9.17, 15) is 9.59 Å². The smallest absolute Gasteiger partial charge is 0.321 e. The molecule has 4 fully saturated rings. The Labute approximate surface area is 201 Å². The number of likely N-dealkylation sites (tertiary alicyclic amines) is 1. The molecule has 4 nitrogen and oxygen atoms in total. The van der Waals surface area contributed by atoms with Crippen molar-refractivity contribution in [3.63, 3.8) is 0 Å². The average molecular weight is 455 g/mol. The Hall–Kier alpha value is -1.32. The molecule has 4 aliphatic carbocycles. The molecule has 33 heavy (non-hydrogen) atoms. The molecule has 184 valence electrons. The zero-order valence-corrected chi connectivity index (χ0v) is 21.7. The van der Waals surface area contributed by atoms with Crippen molar-refractivity contribution in [3.05, 3.63) is 11.8 Å². The highest BCUT2D eigenvalue weighted by Crippen LogP contribution is 2.63. The van der Waals surface area contributed by atoms with Crippen molar-refractivity contribution in [3.8, 4) is 0 Å². The number of nitrogens with zero attached hydrogens (tertiary/aromatic N) is 1. The molecule has 1 aliphatic heterocycles. The maximum absolute atomic E-state index is 13.8. The fraction of sp³-hybridized carbons (Fsp3) is 0.862. The van der Waals surface area contributed by atoms with Crippen LogP contribution in [0.5, 0.6) is 0 Å². The summed E-state index contributed by atoms with van der Waals surface area (Å²) in [5, 5.41) is 3.43. The lowest BCUT2D eigenvalue weighted by Gasteiger charge is -2.59. The lowest BCUT2D eigenvalue weighted by atomic mass is 9.50. The molecule has 1 heterocycles. The number of ketones is 1. The SMILES string of the molecule is CC(C)(C)C1CCC(NC(=O)N2C[C@H]3[C@@H]4CCC[C@@]4(C)CC[C@@H]3[C@@]3(C)CCC(=O)C=C23)CC1. The zero-order valence-electron chi connectivity index (χ0n) is 21.7. The number of amides is 2. The quantitative estimate of drug-likeness (QED) is 0.479. The summed E-state index contributed by atoms with van der Waals surface area (Å²) in [7, 11) is 0. The van der Waals surface area contributed by atoms with Crippen LogP contribution < -0.4 is 5.32 Å². The Balaban J connectivity index is 1.37. The number of nitrogens with one attached hydrogen (secondary N) is 1. The van der Waals surface area contributed by atoms with Gasteiger partial charge in [-0.05, 0) is 92.3 Å². The second-order valence-corrected chi connectivity index (χ2v) is 13.8. The minimum Gasteiger partial charge on any atom is -0.335 e. The molecule has 5 rings (SSSR count). The molecule has 1 N–H and O–H groups in total. The number of allylic oxidation sites excluding steroid dienone is 2. The first-order valence-electron chi connectivity index (χ1n) is 13.8. The predicted molar refractivity (Wildman–Crippen MR) is 133 cm³/mol. The standard InChI is InChI=1S/C29H46N2O2/c1-27(2,3)19-8-10-20(11-9-19)30-26(33)31-18-22-23-7-6-14-28(23,4)15-13-24(22)29(5)16-12-21(32)17-25(29)31/h17,19-20,22-24H,6-16,18H2,1-5H3,(H,30,33)/t19?,20?,22-,23-,24-,28-,29+/m0/s1. The van der Waals surface area contributed by atoms with Gasteiger partial charge in [-0.25, -0.2) is 4.79 Å². The molecule has 0 aromatic rings. The van der Waals surface area contributed by atoms with Crippen LogP contribution in [0.25, 0.3) is 0 Å². The van der Waals surface area contributed by atoms with E-state index in [0.29, 0.717) is 29.1 Å². The van der Waals surface area contributed by atoms with E-state index >= 15 is 0 Å². The third kappa shape index (κ3) is 3.97. The summed E-state index contributed by atoms with van der Waals surface area (Å²) in [5.74, 6) is 2.85. The van der Waals surface area contributed by atoms with Gasteiger partial charge in [-0.15, -0.1) is 0 Å². The van der Waals surface area contributed by atoms with Crippen molar-refractivity contribution in [2.75, 3.05) is 6.54 Å². The summed E-state index contributed by atoms with van der Waals surface area (Å²) in [5.41, 5.74) is 1.79. The Bertz CT molecular complexity index is 833. The highest BCUT2D eigenvalue weighted by atomic mass is 16.2. The van der Waals surface area contributed by atoms with E-state index in [2.05, 4.69) is 39.9 Å². The molecule has 5 atom stereocenters. The molecule has 5 aliphatic rings. The summed E-state index contributed by atoms with van der Waals surface area (Å²) in [6, 6.07) is 0.327. The fourth-order valence-electron chi connectivity index (χ4n) is 8.85. The largest absolute Gasteiger partial charge is 0.335 e. The van der Waals surface area contributed by atoms with E-state index in [0.717, 1.165) is 43.3 Å². The molecule has 2 amide bonds. The fourth-order valence-corrected chi connectivity index (χ4v) is 8.85. The van der Waals surface area contributed by atoms with Crippen molar-refractivity contribution < 1.29 is 9.59 Å². The highest BCUT2D eigenvalue weighted by molar-refractivity contribution is 5.92. The van der Waals surface area contributed by atoms with E-state index < -0.39 is 0 Å². The molecule has 0 radical (unpaired) electrons. The van der Waals surface area contributed by atoms with Gasteiger partial charge >= 0.3 is 6.03 Å². The van der Waals surface area contributed by atoms with Gasteiger partial charge in [-0.1, -0.05) is 41.0 Å².